The number of carbonyl (C=O) groups is 1. The molecule has 1 amide bonds. The number of rotatable bonds is 2. The van der Waals surface area contributed by atoms with Gasteiger partial charge in [0.2, 0.25) is 5.91 Å². The summed E-state index contributed by atoms with van der Waals surface area (Å²) in [5, 5.41) is 19.8. The Hall–Kier alpha value is -2.91. The zero-order valence-electron chi connectivity index (χ0n) is 15.1. The highest BCUT2D eigenvalue weighted by Gasteiger charge is 2.37. The minimum Gasteiger partial charge on any atom is -0.392 e. The highest BCUT2D eigenvalue weighted by Crippen LogP contribution is 2.27. The van der Waals surface area contributed by atoms with E-state index in [-0.39, 0.29) is 5.91 Å². The molecule has 6 nitrogen and oxygen atoms in total. The average Bonchev–Trinajstić information content (AvgIpc) is 2.73. The highest BCUT2D eigenvalue weighted by atomic mass is 16.3. The maximum Gasteiger partial charge on any atom is 0.230 e. The molecule has 4 rings (SSSR count). The van der Waals surface area contributed by atoms with Crippen LogP contribution in [0.1, 0.15) is 23.1 Å². The van der Waals surface area contributed by atoms with Crippen molar-refractivity contribution in [2.75, 3.05) is 24.5 Å². The highest BCUT2D eigenvalue weighted by molar-refractivity contribution is 5.81. The van der Waals surface area contributed by atoms with Gasteiger partial charge in [0.1, 0.15) is 11.9 Å². The number of amides is 1. The van der Waals surface area contributed by atoms with Gasteiger partial charge in [-0.05, 0) is 36.1 Å². The lowest BCUT2D eigenvalue weighted by Crippen LogP contribution is -2.52. The van der Waals surface area contributed by atoms with Gasteiger partial charge in [0.05, 0.1) is 17.6 Å². The molecular formula is C21H22N4O2. The second kappa shape index (κ2) is 7.37. The van der Waals surface area contributed by atoms with E-state index in [1.807, 2.05) is 21.9 Å². The first-order valence-electron chi connectivity index (χ1n) is 9.31. The van der Waals surface area contributed by atoms with Crippen molar-refractivity contribution in [3.8, 4) is 6.07 Å². The van der Waals surface area contributed by atoms with Crippen molar-refractivity contribution in [2.45, 2.75) is 25.5 Å². The third-order valence-corrected chi connectivity index (χ3v) is 5.54. The first-order chi connectivity index (χ1) is 13.2. The molecule has 1 aromatic carbocycles. The van der Waals surface area contributed by atoms with Crippen LogP contribution in [0.25, 0.3) is 0 Å². The van der Waals surface area contributed by atoms with E-state index in [0.29, 0.717) is 44.0 Å². The van der Waals surface area contributed by atoms with Crippen LogP contribution in [0.15, 0.2) is 42.6 Å². The molecule has 2 aliphatic rings. The standard InChI is InChI=1S/C21H22N4O2/c22-12-16-6-3-9-23-20(16)24-11-8-19(26)18(14-24)21(27)25-10-7-15-4-1-2-5-17(15)13-25/h1-6,9,18-19,26H,7-8,10-11,13-14H2/t18-,19+/m0/s1. The number of aromatic nitrogens is 1. The summed E-state index contributed by atoms with van der Waals surface area (Å²) in [7, 11) is 0. The number of pyridine rings is 1. The lowest BCUT2D eigenvalue weighted by Gasteiger charge is -2.39. The van der Waals surface area contributed by atoms with Crippen molar-refractivity contribution < 1.29 is 9.90 Å². The van der Waals surface area contributed by atoms with E-state index in [9.17, 15) is 15.2 Å². The molecular weight excluding hydrogens is 340 g/mol. The van der Waals surface area contributed by atoms with Crippen LogP contribution in [-0.4, -0.2) is 46.6 Å². The quantitative estimate of drug-likeness (QED) is 0.880. The SMILES string of the molecule is N#Cc1cccnc1N1CC[C@@H](O)[C@@H](C(=O)N2CCc3ccccc3C2)C1. The topological polar surface area (TPSA) is 80.5 Å². The fourth-order valence-corrected chi connectivity index (χ4v) is 4.03. The first-order valence-corrected chi connectivity index (χ1v) is 9.31. The normalized spacial score (nSPS) is 22.1. The van der Waals surface area contributed by atoms with Gasteiger partial charge < -0.3 is 14.9 Å². The minimum atomic E-state index is -0.667. The lowest BCUT2D eigenvalue weighted by molar-refractivity contribution is -0.140. The second-order valence-electron chi connectivity index (χ2n) is 7.17. The number of benzene rings is 1. The van der Waals surface area contributed by atoms with Crippen LogP contribution in [-0.2, 0) is 17.8 Å². The molecule has 1 aromatic heterocycles. The maximum atomic E-state index is 13.2. The number of aliphatic hydroxyl groups excluding tert-OH is 1. The van der Waals surface area contributed by atoms with Gasteiger partial charge in [-0.2, -0.15) is 5.26 Å². The Balaban J connectivity index is 1.52. The Morgan fingerprint density at radius 2 is 2.00 bits per heavy atom. The van der Waals surface area contributed by atoms with Gasteiger partial charge in [-0.3, -0.25) is 4.79 Å². The molecule has 0 radical (unpaired) electrons. The molecule has 138 valence electrons. The average molecular weight is 362 g/mol. The van der Waals surface area contributed by atoms with E-state index in [0.717, 1.165) is 6.42 Å². The predicted octanol–water partition coefficient (Wildman–Crippen LogP) is 1.73. The monoisotopic (exact) mass is 362 g/mol. The molecule has 1 N–H and O–H groups in total. The van der Waals surface area contributed by atoms with Crippen LogP contribution in [0.2, 0.25) is 0 Å². The number of anilines is 1. The summed E-state index contributed by atoms with van der Waals surface area (Å²) in [4.78, 5) is 21.3. The lowest BCUT2D eigenvalue weighted by atomic mass is 9.91. The Labute approximate surface area is 158 Å². The van der Waals surface area contributed by atoms with Gasteiger partial charge in [0.25, 0.3) is 0 Å². The minimum absolute atomic E-state index is 0.0175. The molecule has 6 heteroatoms. The zero-order valence-corrected chi connectivity index (χ0v) is 15.1. The van der Waals surface area contributed by atoms with Crippen molar-refractivity contribution in [3.63, 3.8) is 0 Å². The molecule has 1 fully saturated rings. The van der Waals surface area contributed by atoms with E-state index < -0.39 is 12.0 Å². The predicted molar refractivity (Wildman–Crippen MR) is 101 cm³/mol. The zero-order chi connectivity index (χ0) is 18.8. The van der Waals surface area contributed by atoms with E-state index >= 15 is 0 Å². The van der Waals surface area contributed by atoms with Crippen LogP contribution in [0.3, 0.4) is 0 Å². The van der Waals surface area contributed by atoms with Crippen LogP contribution < -0.4 is 4.90 Å². The number of piperidine rings is 1. The Morgan fingerprint density at radius 3 is 2.81 bits per heavy atom. The largest absolute Gasteiger partial charge is 0.392 e. The molecule has 2 aliphatic heterocycles. The Kier molecular flexibility index (Phi) is 4.78. The number of aliphatic hydroxyl groups is 1. The third-order valence-electron chi connectivity index (χ3n) is 5.54. The summed E-state index contributed by atoms with van der Waals surface area (Å²) in [6.45, 7) is 2.22. The molecule has 0 spiro atoms. The number of nitrogens with zero attached hydrogens (tertiary/aromatic N) is 4. The fourth-order valence-electron chi connectivity index (χ4n) is 4.03. The molecule has 0 unspecified atom stereocenters. The van der Waals surface area contributed by atoms with Gasteiger partial charge in [-0.1, -0.05) is 24.3 Å². The van der Waals surface area contributed by atoms with E-state index in [2.05, 4.69) is 23.2 Å². The Morgan fingerprint density at radius 1 is 1.19 bits per heavy atom. The van der Waals surface area contributed by atoms with Crippen molar-refractivity contribution >= 4 is 11.7 Å². The summed E-state index contributed by atoms with van der Waals surface area (Å²) in [6, 6.07) is 13.8. The summed E-state index contributed by atoms with van der Waals surface area (Å²) in [5.74, 6) is 0.0717. The molecule has 2 atom stereocenters. The second-order valence-corrected chi connectivity index (χ2v) is 7.17. The van der Waals surface area contributed by atoms with E-state index in [1.54, 1.807) is 18.3 Å². The molecule has 1 saturated heterocycles. The van der Waals surface area contributed by atoms with Gasteiger partial charge >= 0.3 is 0 Å². The number of carbonyl (C=O) groups excluding carboxylic acids is 1. The summed E-state index contributed by atoms with van der Waals surface area (Å²) >= 11 is 0. The molecule has 0 aliphatic carbocycles. The van der Waals surface area contributed by atoms with Crippen molar-refractivity contribution in [1.82, 2.24) is 9.88 Å². The summed E-state index contributed by atoms with van der Waals surface area (Å²) in [6.07, 6.45) is 2.31. The van der Waals surface area contributed by atoms with Crippen LogP contribution in [0.4, 0.5) is 5.82 Å². The van der Waals surface area contributed by atoms with E-state index in [4.69, 9.17) is 0 Å². The molecule has 0 saturated carbocycles. The van der Waals surface area contributed by atoms with Crippen molar-refractivity contribution in [3.05, 3.63) is 59.3 Å². The van der Waals surface area contributed by atoms with Crippen molar-refractivity contribution in [1.29, 1.82) is 5.26 Å². The van der Waals surface area contributed by atoms with Crippen LogP contribution >= 0.6 is 0 Å². The number of nitriles is 1. The summed E-state index contributed by atoms with van der Waals surface area (Å²) < 4.78 is 0. The smallest absolute Gasteiger partial charge is 0.230 e. The molecule has 2 aromatic rings. The van der Waals surface area contributed by atoms with E-state index in [1.165, 1.54) is 11.1 Å². The fraction of sp³-hybridized carbons (Fsp3) is 0.381. The first kappa shape index (κ1) is 17.5. The maximum absolute atomic E-state index is 13.2. The van der Waals surface area contributed by atoms with Crippen molar-refractivity contribution in [2.24, 2.45) is 5.92 Å². The van der Waals surface area contributed by atoms with Crippen LogP contribution in [0, 0.1) is 17.2 Å². The Bertz CT molecular complexity index is 892. The van der Waals surface area contributed by atoms with Gasteiger partial charge in [0, 0.05) is 32.4 Å². The van der Waals surface area contributed by atoms with Gasteiger partial charge in [0.15, 0.2) is 0 Å². The van der Waals surface area contributed by atoms with Gasteiger partial charge in [-0.15, -0.1) is 0 Å². The molecule has 3 heterocycles. The van der Waals surface area contributed by atoms with Gasteiger partial charge in [-0.25, -0.2) is 4.98 Å². The third kappa shape index (κ3) is 3.38. The molecule has 27 heavy (non-hydrogen) atoms. The molecule has 0 bridgehead atoms. The van der Waals surface area contributed by atoms with Crippen LogP contribution in [0.5, 0.6) is 0 Å². The number of hydrogen-bond donors (Lipinski definition) is 1. The summed E-state index contributed by atoms with van der Waals surface area (Å²) in [5.41, 5.74) is 2.96. The number of fused-ring (bicyclic) bond motifs is 1. The number of hydrogen-bond acceptors (Lipinski definition) is 5.